The van der Waals surface area contributed by atoms with Crippen LogP contribution in [-0.4, -0.2) is 52.2 Å². The number of H-pyrrole nitrogens is 1. The molecule has 2 rings (SSSR count). The molecule has 0 saturated carbocycles. The SMILES string of the molecule is CO[C@H](CO)C(O)C1Oc2nc(=O)[nH]cc2[C@@H]1C. The van der Waals surface area contributed by atoms with Gasteiger partial charge in [-0.25, -0.2) is 4.79 Å². The van der Waals surface area contributed by atoms with E-state index in [2.05, 4.69) is 9.97 Å². The largest absolute Gasteiger partial charge is 0.470 e. The van der Waals surface area contributed by atoms with Crippen molar-refractivity contribution in [2.24, 2.45) is 0 Å². The van der Waals surface area contributed by atoms with Crippen LogP contribution in [0.4, 0.5) is 0 Å². The molecule has 7 nitrogen and oxygen atoms in total. The summed E-state index contributed by atoms with van der Waals surface area (Å²) < 4.78 is 10.4. The number of aliphatic hydroxyl groups is 2. The number of aliphatic hydroxyl groups excluding tert-OH is 2. The van der Waals surface area contributed by atoms with E-state index in [1.165, 1.54) is 13.3 Å². The fourth-order valence-electron chi connectivity index (χ4n) is 2.12. The van der Waals surface area contributed by atoms with Gasteiger partial charge in [0, 0.05) is 24.8 Å². The van der Waals surface area contributed by atoms with Crippen molar-refractivity contribution < 1.29 is 19.7 Å². The van der Waals surface area contributed by atoms with Gasteiger partial charge in [-0.15, -0.1) is 0 Å². The molecule has 2 unspecified atom stereocenters. The first-order valence-electron chi connectivity index (χ1n) is 5.66. The van der Waals surface area contributed by atoms with Gasteiger partial charge in [-0.2, -0.15) is 4.98 Å². The monoisotopic (exact) mass is 256 g/mol. The van der Waals surface area contributed by atoms with Crippen LogP contribution in [0.25, 0.3) is 0 Å². The Labute approximate surface area is 103 Å². The second kappa shape index (κ2) is 5.05. The van der Waals surface area contributed by atoms with Crippen molar-refractivity contribution in [1.82, 2.24) is 9.97 Å². The summed E-state index contributed by atoms with van der Waals surface area (Å²) in [6.45, 7) is 1.54. The number of fused-ring (bicyclic) bond motifs is 1. The van der Waals surface area contributed by atoms with Crippen molar-refractivity contribution in [3.8, 4) is 5.88 Å². The number of aromatic nitrogens is 2. The van der Waals surface area contributed by atoms with Crippen LogP contribution in [0.5, 0.6) is 5.88 Å². The van der Waals surface area contributed by atoms with Crippen LogP contribution in [0.3, 0.4) is 0 Å². The maximum atomic E-state index is 11.1. The van der Waals surface area contributed by atoms with Crippen molar-refractivity contribution in [2.45, 2.75) is 31.2 Å². The Bertz CT molecular complexity index is 471. The summed E-state index contributed by atoms with van der Waals surface area (Å²) in [5.74, 6) is 0.0756. The standard InChI is InChI=1S/C11H16N2O5/c1-5-6-3-12-11(16)13-10(6)18-9(5)8(15)7(4-14)17-2/h3,5,7-9,14-15H,4H2,1-2H3,(H,12,13,16)/t5-,7+,8?,9?/m0/s1. The molecular formula is C11H16N2O5. The van der Waals surface area contributed by atoms with Crippen LogP contribution < -0.4 is 10.4 Å². The second-order valence-electron chi connectivity index (χ2n) is 4.28. The van der Waals surface area contributed by atoms with Crippen molar-refractivity contribution in [3.63, 3.8) is 0 Å². The van der Waals surface area contributed by atoms with E-state index in [9.17, 15) is 9.90 Å². The van der Waals surface area contributed by atoms with Crippen LogP contribution in [0, 0.1) is 0 Å². The Balaban J connectivity index is 2.22. The Morgan fingerprint density at radius 1 is 1.67 bits per heavy atom. The van der Waals surface area contributed by atoms with Crippen LogP contribution >= 0.6 is 0 Å². The number of rotatable bonds is 4. The van der Waals surface area contributed by atoms with Gasteiger partial charge < -0.3 is 24.7 Å². The molecule has 18 heavy (non-hydrogen) atoms. The third kappa shape index (κ3) is 2.12. The van der Waals surface area contributed by atoms with Crippen LogP contribution in [0.1, 0.15) is 18.4 Å². The van der Waals surface area contributed by atoms with Gasteiger partial charge >= 0.3 is 5.69 Å². The maximum Gasteiger partial charge on any atom is 0.348 e. The summed E-state index contributed by atoms with van der Waals surface area (Å²) in [6, 6.07) is 0. The van der Waals surface area contributed by atoms with E-state index in [0.717, 1.165) is 5.56 Å². The molecule has 1 aliphatic rings. The lowest BCUT2D eigenvalue weighted by Gasteiger charge is -2.26. The fourth-order valence-corrected chi connectivity index (χ4v) is 2.12. The minimum Gasteiger partial charge on any atom is -0.470 e. The maximum absolute atomic E-state index is 11.1. The minimum absolute atomic E-state index is 0.149. The molecule has 100 valence electrons. The lowest BCUT2D eigenvalue weighted by molar-refractivity contribution is -0.0851. The normalized spacial score (nSPS) is 25.3. The zero-order valence-corrected chi connectivity index (χ0v) is 10.2. The molecule has 0 amide bonds. The zero-order valence-electron chi connectivity index (χ0n) is 10.2. The van der Waals surface area contributed by atoms with Gasteiger partial charge in [-0.05, 0) is 0 Å². The molecule has 0 bridgehead atoms. The highest BCUT2D eigenvalue weighted by Gasteiger charge is 2.40. The first-order chi connectivity index (χ1) is 8.58. The Hall–Kier alpha value is -1.44. The van der Waals surface area contributed by atoms with E-state index < -0.39 is 24.0 Å². The smallest absolute Gasteiger partial charge is 0.348 e. The predicted octanol–water partition coefficient (Wildman–Crippen LogP) is -0.997. The van der Waals surface area contributed by atoms with Gasteiger partial charge in [0.2, 0.25) is 5.88 Å². The number of ether oxygens (including phenoxy) is 2. The van der Waals surface area contributed by atoms with Crippen molar-refractivity contribution in [1.29, 1.82) is 0 Å². The molecule has 3 N–H and O–H groups in total. The third-order valence-electron chi connectivity index (χ3n) is 3.23. The van der Waals surface area contributed by atoms with Crippen molar-refractivity contribution in [3.05, 3.63) is 22.2 Å². The van der Waals surface area contributed by atoms with Gasteiger partial charge in [0.15, 0.2) is 0 Å². The fraction of sp³-hybridized carbons (Fsp3) is 0.636. The first-order valence-corrected chi connectivity index (χ1v) is 5.66. The van der Waals surface area contributed by atoms with Crippen LogP contribution in [0.15, 0.2) is 11.0 Å². The molecular weight excluding hydrogens is 240 g/mol. The topological polar surface area (TPSA) is 105 Å². The van der Waals surface area contributed by atoms with Gasteiger partial charge in [-0.1, -0.05) is 6.92 Å². The van der Waals surface area contributed by atoms with Crippen molar-refractivity contribution in [2.75, 3.05) is 13.7 Å². The van der Waals surface area contributed by atoms with E-state index >= 15 is 0 Å². The average molecular weight is 256 g/mol. The number of aromatic amines is 1. The summed E-state index contributed by atoms with van der Waals surface area (Å²) in [4.78, 5) is 17.3. The lowest BCUT2D eigenvalue weighted by atomic mass is 9.94. The Kier molecular flexibility index (Phi) is 3.65. The third-order valence-corrected chi connectivity index (χ3v) is 3.23. The average Bonchev–Trinajstić information content (AvgIpc) is 2.67. The molecule has 0 radical (unpaired) electrons. The van der Waals surface area contributed by atoms with Crippen molar-refractivity contribution >= 4 is 0 Å². The molecule has 2 heterocycles. The molecule has 1 aromatic rings. The first kappa shape index (κ1) is 13.0. The zero-order chi connectivity index (χ0) is 13.3. The minimum atomic E-state index is -1.00. The van der Waals surface area contributed by atoms with E-state index in [1.54, 1.807) is 0 Å². The molecule has 0 aliphatic carbocycles. The second-order valence-corrected chi connectivity index (χ2v) is 4.28. The van der Waals surface area contributed by atoms with Gasteiger partial charge in [0.25, 0.3) is 0 Å². The molecule has 0 saturated heterocycles. The highest BCUT2D eigenvalue weighted by molar-refractivity contribution is 5.32. The van der Waals surface area contributed by atoms with E-state index in [4.69, 9.17) is 14.6 Å². The number of nitrogens with one attached hydrogen (secondary N) is 1. The number of nitrogens with zero attached hydrogens (tertiary/aromatic N) is 1. The number of methoxy groups -OCH3 is 1. The molecule has 1 aliphatic heterocycles. The Morgan fingerprint density at radius 2 is 2.39 bits per heavy atom. The van der Waals surface area contributed by atoms with E-state index in [0.29, 0.717) is 0 Å². The van der Waals surface area contributed by atoms with Gasteiger partial charge in [-0.3, -0.25) is 0 Å². The molecule has 1 aromatic heterocycles. The molecule has 0 spiro atoms. The summed E-state index contributed by atoms with van der Waals surface area (Å²) in [6.07, 6.45) is -0.801. The molecule has 0 fully saturated rings. The molecule has 4 atom stereocenters. The summed E-state index contributed by atoms with van der Waals surface area (Å²) in [5, 5.41) is 19.2. The highest BCUT2D eigenvalue weighted by Crippen LogP contribution is 2.37. The van der Waals surface area contributed by atoms with E-state index in [1.807, 2.05) is 6.92 Å². The van der Waals surface area contributed by atoms with Gasteiger partial charge in [0.05, 0.1) is 6.61 Å². The van der Waals surface area contributed by atoms with Crippen LogP contribution in [0.2, 0.25) is 0 Å². The lowest BCUT2D eigenvalue weighted by Crippen LogP contribution is -2.44. The van der Waals surface area contributed by atoms with Gasteiger partial charge in [0.1, 0.15) is 18.3 Å². The number of hydrogen-bond acceptors (Lipinski definition) is 6. The predicted molar refractivity (Wildman–Crippen MR) is 61.6 cm³/mol. The Morgan fingerprint density at radius 3 is 3.00 bits per heavy atom. The highest BCUT2D eigenvalue weighted by atomic mass is 16.5. The summed E-state index contributed by atoms with van der Waals surface area (Å²) in [5.41, 5.74) is 0.230. The molecule has 7 heteroatoms. The number of hydrogen-bond donors (Lipinski definition) is 3. The molecule has 0 aromatic carbocycles. The summed E-state index contributed by atoms with van der Waals surface area (Å²) >= 11 is 0. The quantitative estimate of drug-likeness (QED) is 0.638. The van der Waals surface area contributed by atoms with E-state index in [-0.39, 0.29) is 18.4 Å². The van der Waals surface area contributed by atoms with Crippen LogP contribution in [-0.2, 0) is 4.74 Å². The summed E-state index contributed by atoms with van der Waals surface area (Å²) in [7, 11) is 1.40.